The van der Waals surface area contributed by atoms with Crippen molar-refractivity contribution in [3.63, 3.8) is 0 Å². The van der Waals surface area contributed by atoms with Crippen LogP contribution in [0.5, 0.6) is 0 Å². The van der Waals surface area contributed by atoms with Crippen LogP contribution in [0.4, 0.5) is 16.2 Å². The zero-order valence-electron chi connectivity index (χ0n) is 19.4. The summed E-state index contributed by atoms with van der Waals surface area (Å²) in [5.74, 6) is 0.406. The lowest BCUT2D eigenvalue weighted by atomic mass is 10.2. The minimum atomic E-state index is -0.328. The molecular formula is C26H27N5O3S. The fourth-order valence-electron chi connectivity index (χ4n) is 4.91. The van der Waals surface area contributed by atoms with Gasteiger partial charge in [-0.15, -0.1) is 11.8 Å². The van der Waals surface area contributed by atoms with Crippen LogP contribution in [0, 0.1) is 0 Å². The lowest BCUT2D eigenvalue weighted by Gasteiger charge is -2.35. The van der Waals surface area contributed by atoms with Gasteiger partial charge in [0.1, 0.15) is 6.10 Å². The van der Waals surface area contributed by atoms with E-state index in [0.29, 0.717) is 12.3 Å². The number of anilines is 2. The number of benzene rings is 2. The molecule has 180 valence electrons. The van der Waals surface area contributed by atoms with Gasteiger partial charge in [-0.2, -0.15) is 0 Å². The maximum atomic E-state index is 12.6. The number of carbonyl (C=O) groups excluding carboxylic acids is 2. The molecule has 3 aromatic rings. The molecule has 0 saturated carbocycles. The molecule has 1 unspecified atom stereocenters. The van der Waals surface area contributed by atoms with Crippen LogP contribution in [-0.2, 0) is 16.1 Å². The van der Waals surface area contributed by atoms with Gasteiger partial charge < -0.3 is 10.1 Å². The summed E-state index contributed by atoms with van der Waals surface area (Å²) in [7, 11) is 0. The van der Waals surface area contributed by atoms with Crippen LogP contribution in [0.25, 0.3) is 10.9 Å². The van der Waals surface area contributed by atoms with E-state index in [0.717, 1.165) is 66.7 Å². The standard InChI is InChI=1S/C26H27N5O3S/c32-25-17-35-24-8-7-20(13-23(24)28-25)31-16-21(34-26(31)33)15-30-11-9-29(10-12-30)14-19-6-5-18-3-1-2-4-22(18)27-19/h1-8,13,21H,9-12,14-17H2,(H,28,32). The second kappa shape index (κ2) is 9.49. The van der Waals surface area contributed by atoms with Crippen LogP contribution in [0.3, 0.4) is 0 Å². The summed E-state index contributed by atoms with van der Waals surface area (Å²) in [6.45, 7) is 5.87. The van der Waals surface area contributed by atoms with Crippen molar-refractivity contribution in [2.24, 2.45) is 0 Å². The number of cyclic esters (lactones) is 1. The Morgan fingerprint density at radius 3 is 2.71 bits per heavy atom. The van der Waals surface area contributed by atoms with E-state index in [2.05, 4.69) is 39.4 Å². The number of nitrogens with zero attached hydrogens (tertiary/aromatic N) is 4. The van der Waals surface area contributed by atoms with Crippen molar-refractivity contribution in [2.75, 3.05) is 55.2 Å². The number of nitrogens with one attached hydrogen (secondary N) is 1. The lowest BCUT2D eigenvalue weighted by molar-refractivity contribution is -0.113. The Morgan fingerprint density at radius 2 is 1.83 bits per heavy atom. The maximum Gasteiger partial charge on any atom is 0.414 e. The summed E-state index contributed by atoms with van der Waals surface area (Å²) in [4.78, 5) is 36.6. The quantitative estimate of drug-likeness (QED) is 0.588. The highest BCUT2D eigenvalue weighted by Gasteiger charge is 2.34. The number of amides is 2. The predicted molar refractivity (Wildman–Crippen MR) is 137 cm³/mol. The van der Waals surface area contributed by atoms with E-state index in [1.165, 1.54) is 17.1 Å². The Hall–Kier alpha value is -3.14. The number of rotatable bonds is 5. The highest BCUT2D eigenvalue weighted by Crippen LogP contribution is 2.35. The number of para-hydroxylation sites is 1. The van der Waals surface area contributed by atoms with Crippen molar-refractivity contribution in [1.82, 2.24) is 14.8 Å². The van der Waals surface area contributed by atoms with Crippen molar-refractivity contribution < 1.29 is 14.3 Å². The van der Waals surface area contributed by atoms with E-state index in [9.17, 15) is 9.59 Å². The van der Waals surface area contributed by atoms with Crippen LogP contribution in [0.1, 0.15) is 5.69 Å². The lowest BCUT2D eigenvalue weighted by Crippen LogP contribution is -2.48. The third-order valence-electron chi connectivity index (χ3n) is 6.75. The molecule has 2 aromatic carbocycles. The zero-order valence-corrected chi connectivity index (χ0v) is 20.2. The number of hydrogen-bond donors (Lipinski definition) is 1. The third kappa shape index (κ3) is 4.84. The van der Waals surface area contributed by atoms with Gasteiger partial charge in [-0.25, -0.2) is 4.79 Å². The fourth-order valence-corrected chi connectivity index (χ4v) is 5.70. The number of carbonyl (C=O) groups is 2. The Bertz CT molecular complexity index is 1280. The molecule has 2 saturated heterocycles. The summed E-state index contributed by atoms with van der Waals surface area (Å²) < 4.78 is 5.69. The summed E-state index contributed by atoms with van der Waals surface area (Å²) in [5, 5.41) is 4.06. The summed E-state index contributed by atoms with van der Waals surface area (Å²) in [5.41, 5.74) is 3.65. The van der Waals surface area contributed by atoms with E-state index in [-0.39, 0.29) is 18.1 Å². The molecule has 0 radical (unpaired) electrons. The maximum absolute atomic E-state index is 12.6. The number of pyridine rings is 1. The normalized spacial score (nSPS) is 21.1. The molecule has 1 atom stereocenters. The number of ether oxygens (including phenoxy) is 1. The number of fused-ring (bicyclic) bond motifs is 2. The molecule has 3 aliphatic rings. The molecule has 9 heteroatoms. The van der Waals surface area contributed by atoms with E-state index in [4.69, 9.17) is 9.72 Å². The first-order chi connectivity index (χ1) is 17.1. The summed E-state index contributed by atoms with van der Waals surface area (Å²) >= 11 is 1.51. The highest BCUT2D eigenvalue weighted by molar-refractivity contribution is 8.00. The summed E-state index contributed by atoms with van der Waals surface area (Å²) in [6.07, 6.45) is -0.498. The van der Waals surface area contributed by atoms with Crippen LogP contribution in [0.15, 0.2) is 59.5 Å². The van der Waals surface area contributed by atoms with Gasteiger partial charge in [0.15, 0.2) is 0 Å². The Balaban J connectivity index is 1.02. The van der Waals surface area contributed by atoms with Crippen LogP contribution >= 0.6 is 11.8 Å². The number of thioether (sulfide) groups is 1. The first-order valence-electron chi connectivity index (χ1n) is 11.9. The zero-order chi connectivity index (χ0) is 23.8. The number of aromatic nitrogens is 1. The predicted octanol–water partition coefficient (Wildman–Crippen LogP) is 3.42. The Labute approximate surface area is 208 Å². The van der Waals surface area contributed by atoms with Gasteiger partial charge in [0.05, 0.1) is 29.2 Å². The molecule has 6 rings (SSSR count). The number of hydrogen-bond acceptors (Lipinski definition) is 7. The molecule has 0 spiro atoms. The minimum absolute atomic E-state index is 0.0166. The molecule has 2 amide bonds. The first kappa shape index (κ1) is 22.3. The molecular weight excluding hydrogens is 462 g/mol. The fraction of sp³-hybridized carbons (Fsp3) is 0.346. The molecule has 1 aromatic heterocycles. The van der Waals surface area contributed by atoms with Gasteiger partial charge in [0.2, 0.25) is 5.91 Å². The number of piperazine rings is 1. The van der Waals surface area contributed by atoms with Gasteiger partial charge in [0, 0.05) is 55.2 Å². The van der Waals surface area contributed by atoms with Gasteiger partial charge >= 0.3 is 6.09 Å². The van der Waals surface area contributed by atoms with Crippen molar-refractivity contribution in [3.05, 3.63) is 60.3 Å². The third-order valence-corrected chi connectivity index (χ3v) is 7.82. The largest absolute Gasteiger partial charge is 0.443 e. The second-order valence-electron chi connectivity index (χ2n) is 9.21. The van der Waals surface area contributed by atoms with Crippen LogP contribution in [0.2, 0.25) is 0 Å². The monoisotopic (exact) mass is 489 g/mol. The van der Waals surface area contributed by atoms with Gasteiger partial charge in [-0.05, 0) is 30.3 Å². The molecule has 0 bridgehead atoms. The molecule has 4 heterocycles. The molecule has 1 N–H and O–H groups in total. The molecule has 2 fully saturated rings. The van der Waals surface area contributed by atoms with E-state index < -0.39 is 0 Å². The van der Waals surface area contributed by atoms with Gasteiger partial charge in [0.25, 0.3) is 0 Å². The van der Waals surface area contributed by atoms with Crippen molar-refractivity contribution in [2.45, 2.75) is 17.5 Å². The summed E-state index contributed by atoms with van der Waals surface area (Å²) in [6, 6.07) is 18.2. The molecule has 3 aliphatic heterocycles. The van der Waals surface area contributed by atoms with Crippen molar-refractivity contribution in [1.29, 1.82) is 0 Å². The van der Waals surface area contributed by atoms with E-state index >= 15 is 0 Å². The SMILES string of the molecule is O=C1CSc2ccc(N3CC(CN4CCN(Cc5ccc6ccccc6n5)CC4)OC3=O)cc2N1. The van der Waals surface area contributed by atoms with Crippen LogP contribution < -0.4 is 10.2 Å². The average molecular weight is 490 g/mol. The van der Waals surface area contributed by atoms with Crippen molar-refractivity contribution >= 4 is 46.0 Å². The molecule has 35 heavy (non-hydrogen) atoms. The Morgan fingerprint density at radius 1 is 1.00 bits per heavy atom. The molecule has 8 nitrogen and oxygen atoms in total. The van der Waals surface area contributed by atoms with E-state index in [1.807, 2.05) is 30.3 Å². The second-order valence-corrected chi connectivity index (χ2v) is 10.2. The minimum Gasteiger partial charge on any atom is -0.443 e. The van der Waals surface area contributed by atoms with Crippen molar-refractivity contribution in [3.8, 4) is 0 Å². The van der Waals surface area contributed by atoms with Gasteiger partial charge in [-0.1, -0.05) is 24.3 Å². The molecule has 0 aliphatic carbocycles. The average Bonchev–Trinajstić information content (AvgIpc) is 3.24. The first-order valence-corrected chi connectivity index (χ1v) is 12.9. The highest BCUT2D eigenvalue weighted by atomic mass is 32.2. The van der Waals surface area contributed by atoms with E-state index in [1.54, 1.807) is 4.90 Å². The van der Waals surface area contributed by atoms with Gasteiger partial charge in [-0.3, -0.25) is 24.5 Å². The van der Waals surface area contributed by atoms with Crippen LogP contribution in [-0.4, -0.2) is 77.9 Å². The topological polar surface area (TPSA) is 78.0 Å². The smallest absolute Gasteiger partial charge is 0.414 e. The Kier molecular flexibility index (Phi) is 6.05.